The van der Waals surface area contributed by atoms with Crippen LogP contribution in [0.2, 0.25) is 5.15 Å². The van der Waals surface area contributed by atoms with Crippen LogP contribution in [0.5, 0.6) is 0 Å². The second-order valence-corrected chi connectivity index (χ2v) is 6.17. The van der Waals surface area contributed by atoms with Crippen molar-refractivity contribution in [3.05, 3.63) is 10.0 Å². The van der Waals surface area contributed by atoms with E-state index in [1.54, 1.807) is 0 Å². The van der Waals surface area contributed by atoms with Crippen LogP contribution in [0.15, 0.2) is 0 Å². The standard InChI is InChI=1S/C11H18ClN3OS/c1-6-3-2-4-7(5-6)14-10(16)8-9(12)15-11(13)17-8/h6-7,10,14,16H,2-5H2,1H3,(H2,13,15). The Morgan fingerprint density at radius 2 is 2.35 bits per heavy atom. The zero-order chi connectivity index (χ0) is 12.4. The zero-order valence-corrected chi connectivity index (χ0v) is 11.4. The molecule has 0 amide bonds. The van der Waals surface area contributed by atoms with E-state index in [0.29, 0.717) is 21.2 Å². The Kier molecular flexibility index (Phi) is 4.25. The monoisotopic (exact) mass is 275 g/mol. The maximum atomic E-state index is 10.1. The lowest BCUT2D eigenvalue weighted by Crippen LogP contribution is -2.36. The summed E-state index contributed by atoms with van der Waals surface area (Å²) >= 11 is 7.14. The number of hydrogen-bond acceptors (Lipinski definition) is 5. The van der Waals surface area contributed by atoms with Gasteiger partial charge in [0.1, 0.15) is 11.4 Å². The van der Waals surface area contributed by atoms with E-state index in [-0.39, 0.29) is 0 Å². The Balaban J connectivity index is 1.96. The van der Waals surface area contributed by atoms with Crippen LogP contribution in [0, 0.1) is 5.92 Å². The molecular weight excluding hydrogens is 258 g/mol. The van der Waals surface area contributed by atoms with Gasteiger partial charge in [0, 0.05) is 6.04 Å². The van der Waals surface area contributed by atoms with Crippen molar-refractivity contribution < 1.29 is 5.11 Å². The Hall–Kier alpha value is -0.360. The van der Waals surface area contributed by atoms with Gasteiger partial charge in [-0.1, -0.05) is 42.7 Å². The maximum Gasteiger partial charge on any atom is 0.181 e. The molecule has 1 heterocycles. The van der Waals surface area contributed by atoms with E-state index >= 15 is 0 Å². The molecule has 1 aromatic rings. The molecule has 1 aliphatic rings. The number of nitrogens with two attached hydrogens (primary N) is 1. The highest BCUT2D eigenvalue weighted by Crippen LogP contribution is 2.31. The molecule has 1 fully saturated rings. The minimum Gasteiger partial charge on any atom is -0.375 e. The molecule has 17 heavy (non-hydrogen) atoms. The summed E-state index contributed by atoms with van der Waals surface area (Å²) in [7, 11) is 0. The van der Waals surface area contributed by atoms with E-state index in [4.69, 9.17) is 17.3 Å². The summed E-state index contributed by atoms with van der Waals surface area (Å²) in [5.74, 6) is 0.718. The van der Waals surface area contributed by atoms with Gasteiger partial charge in [-0.25, -0.2) is 4.98 Å². The molecule has 0 radical (unpaired) electrons. The van der Waals surface area contributed by atoms with Crippen LogP contribution >= 0.6 is 22.9 Å². The quantitative estimate of drug-likeness (QED) is 0.742. The van der Waals surface area contributed by atoms with E-state index < -0.39 is 6.23 Å². The number of aliphatic hydroxyl groups excluding tert-OH is 1. The van der Waals surface area contributed by atoms with Crippen molar-refractivity contribution in [2.45, 2.75) is 44.9 Å². The largest absolute Gasteiger partial charge is 0.375 e. The van der Waals surface area contributed by atoms with Crippen LogP contribution in [-0.2, 0) is 0 Å². The summed E-state index contributed by atoms with van der Waals surface area (Å²) < 4.78 is 0. The second kappa shape index (κ2) is 5.52. The van der Waals surface area contributed by atoms with Gasteiger partial charge >= 0.3 is 0 Å². The topological polar surface area (TPSA) is 71.2 Å². The van der Waals surface area contributed by atoms with Crippen molar-refractivity contribution in [2.75, 3.05) is 5.73 Å². The summed E-state index contributed by atoms with van der Waals surface area (Å²) in [4.78, 5) is 4.52. The highest BCUT2D eigenvalue weighted by Gasteiger charge is 2.23. The fraction of sp³-hybridized carbons (Fsp3) is 0.727. The minimum atomic E-state index is -0.757. The van der Waals surface area contributed by atoms with Gasteiger partial charge in [-0.2, -0.15) is 0 Å². The number of nitrogens with one attached hydrogen (secondary N) is 1. The van der Waals surface area contributed by atoms with Crippen LogP contribution in [0.4, 0.5) is 5.13 Å². The lowest BCUT2D eigenvalue weighted by atomic mass is 9.87. The van der Waals surface area contributed by atoms with Crippen molar-refractivity contribution in [1.82, 2.24) is 10.3 Å². The molecule has 4 nitrogen and oxygen atoms in total. The summed E-state index contributed by atoms with van der Waals surface area (Å²) in [5, 5.41) is 14.0. The predicted molar refractivity (Wildman–Crippen MR) is 71.1 cm³/mol. The predicted octanol–water partition coefficient (Wildman–Crippen LogP) is 2.54. The van der Waals surface area contributed by atoms with Crippen molar-refractivity contribution in [3.63, 3.8) is 0 Å². The maximum absolute atomic E-state index is 10.1. The molecule has 1 aromatic heterocycles. The molecule has 6 heteroatoms. The lowest BCUT2D eigenvalue weighted by Gasteiger charge is -2.29. The summed E-state index contributed by atoms with van der Waals surface area (Å²) in [5.41, 5.74) is 5.56. The van der Waals surface area contributed by atoms with Crippen molar-refractivity contribution >= 4 is 28.1 Å². The average Bonchev–Trinajstić information content (AvgIpc) is 2.58. The Morgan fingerprint density at radius 1 is 1.59 bits per heavy atom. The Bertz CT molecular complexity index is 385. The van der Waals surface area contributed by atoms with Gasteiger partial charge in [-0.05, 0) is 18.8 Å². The molecule has 2 rings (SSSR count). The average molecular weight is 276 g/mol. The van der Waals surface area contributed by atoms with Gasteiger partial charge in [0.2, 0.25) is 0 Å². The van der Waals surface area contributed by atoms with Crippen LogP contribution in [-0.4, -0.2) is 16.1 Å². The number of aromatic nitrogens is 1. The first-order valence-electron chi connectivity index (χ1n) is 5.92. The van der Waals surface area contributed by atoms with E-state index in [1.807, 2.05) is 0 Å². The smallest absolute Gasteiger partial charge is 0.181 e. The number of aliphatic hydroxyl groups is 1. The minimum absolute atomic E-state index is 0.302. The van der Waals surface area contributed by atoms with Crippen molar-refractivity contribution in [2.24, 2.45) is 5.92 Å². The highest BCUT2D eigenvalue weighted by atomic mass is 35.5. The number of nitrogens with zero attached hydrogens (tertiary/aromatic N) is 1. The third kappa shape index (κ3) is 3.31. The number of anilines is 1. The molecule has 4 N–H and O–H groups in total. The SMILES string of the molecule is CC1CCCC(NC(O)c2sc(N)nc2Cl)C1. The van der Waals surface area contributed by atoms with Gasteiger partial charge < -0.3 is 10.8 Å². The lowest BCUT2D eigenvalue weighted by molar-refractivity contribution is 0.111. The first-order chi connectivity index (χ1) is 8.06. The third-order valence-corrected chi connectivity index (χ3v) is 4.54. The van der Waals surface area contributed by atoms with E-state index in [1.165, 1.54) is 24.2 Å². The Labute approximate surface area is 110 Å². The molecule has 3 atom stereocenters. The van der Waals surface area contributed by atoms with Gasteiger partial charge in [0.15, 0.2) is 5.13 Å². The Morgan fingerprint density at radius 3 is 2.94 bits per heavy atom. The molecule has 1 saturated carbocycles. The number of nitrogen functional groups attached to an aromatic ring is 1. The van der Waals surface area contributed by atoms with Crippen LogP contribution in [0.3, 0.4) is 0 Å². The fourth-order valence-corrected chi connectivity index (χ4v) is 3.41. The molecule has 0 saturated heterocycles. The zero-order valence-electron chi connectivity index (χ0n) is 9.82. The normalized spacial score (nSPS) is 27.0. The number of rotatable bonds is 3. The molecule has 0 aromatic carbocycles. The third-order valence-electron chi connectivity index (χ3n) is 3.20. The van der Waals surface area contributed by atoms with Crippen LogP contribution < -0.4 is 11.1 Å². The van der Waals surface area contributed by atoms with Crippen LogP contribution in [0.1, 0.15) is 43.7 Å². The van der Waals surface area contributed by atoms with Gasteiger partial charge in [-0.15, -0.1) is 0 Å². The molecule has 96 valence electrons. The van der Waals surface area contributed by atoms with Crippen LogP contribution in [0.25, 0.3) is 0 Å². The van der Waals surface area contributed by atoms with E-state index in [0.717, 1.165) is 18.8 Å². The number of hydrogen-bond donors (Lipinski definition) is 3. The molecular formula is C11H18ClN3OS. The number of thiazole rings is 1. The molecule has 0 aliphatic heterocycles. The molecule has 1 aliphatic carbocycles. The van der Waals surface area contributed by atoms with Gasteiger partial charge in [-0.3, -0.25) is 5.32 Å². The second-order valence-electron chi connectivity index (χ2n) is 4.75. The van der Waals surface area contributed by atoms with Gasteiger partial charge in [0.05, 0.1) is 4.88 Å². The van der Waals surface area contributed by atoms with E-state index in [2.05, 4.69) is 17.2 Å². The van der Waals surface area contributed by atoms with E-state index in [9.17, 15) is 5.11 Å². The summed E-state index contributed by atoms with van der Waals surface area (Å²) in [6, 6.07) is 0.355. The summed E-state index contributed by atoms with van der Waals surface area (Å²) in [6.07, 6.45) is 3.94. The molecule has 0 bridgehead atoms. The first kappa shape index (κ1) is 13.1. The van der Waals surface area contributed by atoms with Crippen molar-refractivity contribution in [1.29, 1.82) is 0 Å². The summed E-state index contributed by atoms with van der Waals surface area (Å²) in [6.45, 7) is 2.25. The fourth-order valence-electron chi connectivity index (χ4n) is 2.38. The molecule has 3 unspecified atom stereocenters. The van der Waals surface area contributed by atoms with Gasteiger partial charge in [0.25, 0.3) is 0 Å². The highest BCUT2D eigenvalue weighted by molar-refractivity contribution is 7.16. The molecule has 0 spiro atoms. The first-order valence-corrected chi connectivity index (χ1v) is 7.11. The van der Waals surface area contributed by atoms with Crippen molar-refractivity contribution in [3.8, 4) is 0 Å². The number of halogens is 1.